The molecule has 16 heavy (non-hydrogen) atoms. The molecular weight excluding hydrogens is 202 g/mol. The fourth-order valence-electron chi connectivity index (χ4n) is 1.44. The van der Waals surface area contributed by atoms with Crippen molar-refractivity contribution < 1.29 is 4.74 Å². The van der Waals surface area contributed by atoms with Gasteiger partial charge in [-0.05, 0) is 18.2 Å². The fraction of sp³-hybridized carbons (Fsp3) is 0.167. The van der Waals surface area contributed by atoms with E-state index in [9.17, 15) is 0 Å². The van der Waals surface area contributed by atoms with Gasteiger partial charge in [0.05, 0.1) is 19.3 Å². The van der Waals surface area contributed by atoms with Crippen molar-refractivity contribution in [3.63, 3.8) is 0 Å². The van der Waals surface area contributed by atoms with Crippen LogP contribution in [0.25, 0.3) is 11.3 Å². The molecule has 0 atom stereocenters. The van der Waals surface area contributed by atoms with Crippen LogP contribution in [0.3, 0.4) is 0 Å². The average molecular weight is 215 g/mol. The number of benzene rings is 1. The third-order valence-corrected chi connectivity index (χ3v) is 2.25. The van der Waals surface area contributed by atoms with Crippen LogP contribution < -0.4 is 10.5 Å². The molecule has 0 fully saturated rings. The van der Waals surface area contributed by atoms with E-state index >= 15 is 0 Å². The van der Waals surface area contributed by atoms with Crippen molar-refractivity contribution in [2.24, 2.45) is 5.73 Å². The lowest BCUT2D eigenvalue weighted by molar-refractivity contribution is 0.415. The molecule has 0 aliphatic rings. The van der Waals surface area contributed by atoms with Crippen molar-refractivity contribution in [1.82, 2.24) is 9.97 Å². The van der Waals surface area contributed by atoms with Crippen LogP contribution in [0.1, 0.15) is 5.82 Å². The molecule has 2 N–H and O–H groups in total. The predicted octanol–water partition coefficient (Wildman–Crippen LogP) is 1.61. The Bertz CT molecular complexity index is 440. The molecule has 0 bridgehead atoms. The van der Waals surface area contributed by atoms with E-state index in [4.69, 9.17) is 10.5 Å². The fourth-order valence-corrected chi connectivity index (χ4v) is 1.44. The normalized spacial score (nSPS) is 10.1. The van der Waals surface area contributed by atoms with Gasteiger partial charge in [0.15, 0.2) is 0 Å². The molecule has 0 saturated carbocycles. The molecule has 0 aliphatic heterocycles. The summed E-state index contributed by atoms with van der Waals surface area (Å²) in [5.74, 6) is 1.45. The van der Waals surface area contributed by atoms with Gasteiger partial charge in [-0.3, -0.25) is 0 Å². The van der Waals surface area contributed by atoms with Gasteiger partial charge >= 0.3 is 0 Å². The standard InChI is InChI=1S/C12H13N3O/c1-16-10-4-2-3-9(7-10)11-5-6-14-12(8-13)15-11/h2-7H,8,13H2,1H3. The molecule has 4 nitrogen and oxygen atoms in total. The van der Waals surface area contributed by atoms with E-state index in [1.165, 1.54) is 0 Å². The third kappa shape index (κ3) is 2.17. The molecule has 0 saturated heterocycles. The maximum absolute atomic E-state index is 5.50. The second-order valence-electron chi connectivity index (χ2n) is 3.29. The summed E-state index contributed by atoms with van der Waals surface area (Å²) < 4.78 is 5.16. The summed E-state index contributed by atoms with van der Waals surface area (Å²) in [6, 6.07) is 9.59. The van der Waals surface area contributed by atoms with Gasteiger partial charge in [0.1, 0.15) is 11.6 Å². The average Bonchev–Trinajstić information content (AvgIpc) is 2.39. The van der Waals surface area contributed by atoms with E-state index in [1.807, 2.05) is 30.3 Å². The number of hydrogen-bond donors (Lipinski definition) is 1. The van der Waals surface area contributed by atoms with Crippen molar-refractivity contribution in [1.29, 1.82) is 0 Å². The van der Waals surface area contributed by atoms with E-state index in [2.05, 4.69) is 9.97 Å². The molecule has 0 unspecified atom stereocenters. The zero-order valence-electron chi connectivity index (χ0n) is 9.05. The van der Waals surface area contributed by atoms with Crippen molar-refractivity contribution in [2.45, 2.75) is 6.54 Å². The van der Waals surface area contributed by atoms with Gasteiger partial charge in [-0.15, -0.1) is 0 Å². The number of nitrogens with zero attached hydrogens (tertiary/aromatic N) is 2. The van der Waals surface area contributed by atoms with Gasteiger partial charge in [0.2, 0.25) is 0 Å². The van der Waals surface area contributed by atoms with Crippen LogP contribution >= 0.6 is 0 Å². The monoisotopic (exact) mass is 215 g/mol. The molecule has 0 spiro atoms. The van der Waals surface area contributed by atoms with Gasteiger partial charge in [-0.1, -0.05) is 12.1 Å². The van der Waals surface area contributed by atoms with Gasteiger partial charge in [-0.25, -0.2) is 9.97 Å². The number of ether oxygens (including phenoxy) is 1. The van der Waals surface area contributed by atoms with Gasteiger partial charge in [-0.2, -0.15) is 0 Å². The Morgan fingerprint density at radius 3 is 2.94 bits per heavy atom. The summed E-state index contributed by atoms with van der Waals surface area (Å²) in [5.41, 5.74) is 7.36. The van der Waals surface area contributed by atoms with E-state index in [1.54, 1.807) is 13.3 Å². The second kappa shape index (κ2) is 4.72. The quantitative estimate of drug-likeness (QED) is 0.845. The Morgan fingerprint density at radius 1 is 1.31 bits per heavy atom. The lowest BCUT2D eigenvalue weighted by Crippen LogP contribution is -2.03. The SMILES string of the molecule is COc1cccc(-c2ccnc(CN)n2)c1. The summed E-state index contributed by atoms with van der Waals surface area (Å²) in [5, 5.41) is 0. The Balaban J connectivity index is 2.41. The molecule has 1 aromatic heterocycles. The Kier molecular flexibility index (Phi) is 3.12. The smallest absolute Gasteiger partial charge is 0.142 e. The van der Waals surface area contributed by atoms with Gasteiger partial charge in [0.25, 0.3) is 0 Å². The molecule has 2 aromatic rings. The lowest BCUT2D eigenvalue weighted by atomic mass is 10.1. The van der Waals surface area contributed by atoms with E-state index in [0.29, 0.717) is 12.4 Å². The van der Waals surface area contributed by atoms with E-state index < -0.39 is 0 Å². The second-order valence-corrected chi connectivity index (χ2v) is 3.29. The first-order valence-corrected chi connectivity index (χ1v) is 5.00. The topological polar surface area (TPSA) is 61.0 Å². The molecular formula is C12H13N3O. The number of nitrogens with two attached hydrogens (primary N) is 1. The first-order chi connectivity index (χ1) is 7.83. The molecule has 2 rings (SSSR count). The van der Waals surface area contributed by atoms with E-state index in [0.717, 1.165) is 17.0 Å². The third-order valence-electron chi connectivity index (χ3n) is 2.25. The molecule has 4 heteroatoms. The summed E-state index contributed by atoms with van der Waals surface area (Å²) in [4.78, 5) is 8.40. The molecule has 0 amide bonds. The van der Waals surface area contributed by atoms with Crippen LogP contribution in [0.5, 0.6) is 5.75 Å². The molecule has 82 valence electrons. The van der Waals surface area contributed by atoms with E-state index in [-0.39, 0.29) is 0 Å². The maximum Gasteiger partial charge on any atom is 0.142 e. The predicted molar refractivity (Wildman–Crippen MR) is 61.9 cm³/mol. The maximum atomic E-state index is 5.50. The zero-order chi connectivity index (χ0) is 11.4. The van der Waals surface area contributed by atoms with Crippen molar-refractivity contribution in [2.75, 3.05) is 7.11 Å². The minimum absolute atomic E-state index is 0.345. The number of aromatic nitrogens is 2. The minimum atomic E-state index is 0.345. The lowest BCUT2D eigenvalue weighted by Gasteiger charge is -2.04. The summed E-state index contributed by atoms with van der Waals surface area (Å²) in [6.07, 6.45) is 1.71. The zero-order valence-corrected chi connectivity index (χ0v) is 9.05. The molecule has 0 aliphatic carbocycles. The van der Waals surface area contributed by atoms with Crippen LogP contribution in [0, 0.1) is 0 Å². The van der Waals surface area contributed by atoms with Crippen molar-refractivity contribution >= 4 is 0 Å². The largest absolute Gasteiger partial charge is 0.497 e. The highest BCUT2D eigenvalue weighted by Gasteiger charge is 2.02. The van der Waals surface area contributed by atoms with Crippen molar-refractivity contribution in [3.05, 3.63) is 42.4 Å². The summed E-state index contributed by atoms with van der Waals surface area (Å²) >= 11 is 0. The number of hydrogen-bond acceptors (Lipinski definition) is 4. The minimum Gasteiger partial charge on any atom is -0.497 e. The van der Waals surface area contributed by atoms with Crippen LogP contribution in [0.2, 0.25) is 0 Å². The molecule has 1 aromatic carbocycles. The highest BCUT2D eigenvalue weighted by atomic mass is 16.5. The number of methoxy groups -OCH3 is 1. The van der Waals surface area contributed by atoms with Crippen LogP contribution in [0.15, 0.2) is 36.5 Å². The summed E-state index contributed by atoms with van der Waals surface area (Å²) in [6.45, 7) is 0.345. The van der Waals surface area contributed by atoms with Crippen LogP contribution in [0.4, 0.5) is 0 Å². The first-order valence-electron chi connectivity index (χ1n) is 5.00. The Hall–Kier alpha value is -1.94. The Morgan fingerprint density at radius 2 is 2.19 bits per heavy atom. The highest BCUT2D eigenvalue weighted by molar-refractivity contribution is 5.60. The van der Waals surface area contributed by atoms with Gasteiger partial charge in [0, 0.05) is 11.8 Å². The number of rotatable bonds is 3. The Labute approximate surface area is 94.1 Å². The summed E-state index contributed by atoms with van der Waals surface area (Å²) in [7, 11) is 1.64. The first kappa shape index (κ1) is 10.6. The molecule has 1 heterocycles. The van der Waals surface area contributed by atoms with Crippen molar-refractivity contribution in [3.8, 4) is 17.0 Å². The van der Waals surface area contributed by atoms with Crippen LogP contribution in [-0.4, -0.2) is 17.1 Å². The molecule has 0 radical (unpaired) electrons. The van der Waals surface area contributed by atoms with Gasteiger partial charge < -0.3 is 10.5 Å². The van der Waals surface area contributed by atoms with Crippen LogP contribution in [-0.2, 0) is 6.54 Å². The highest BCUT2D eigenvalue weighted by Crippen LogP contribution is 2.21.